The maximum Gasteiger partial charge on any atom is 0.282 e. The Hall–Kier alpha value is -3.30. The third kappa shape index (κ3) is 4.73. The number of amides is 1. The van der Waals surface area contributed by atoms with Crippen LogP contribution in [0.5, 0.6) is 5.75 Å². The van der Waals surface area contributed by atoms with Gasteiger partial charge in [-0.2, -0.15) is 0 Å². The van der Waals surface area contributed by atoms with Gasteiger partial charge in [-0.05, 0) is 30.3 Å². The van der Waals surface area contributed by atoms with Crippen molar-refractivity contribution in [1.29, 1.82) is 0 Å². The van der Waals surface area contributed by atoms with Crippen molar-refractivity contribution in [2.75, 3.05) is 33.3 Å². The summed E-state index contributed by atoms with van der Waals surface area (Å²) in [6.07, 6.45) is 0. The molecule has 1 aliphatic rings. The van der Waals surface area contributed by atoms with Gasteiger partial charge in [-0.1, -0.05) is 12.1 Å². The fourth-order valence-electron chi connectivity index (χ4n) is 3.56. The van der Waals surface area contributed by atoms with E-state index in [1.807, 2.05) is 29.6 Å². The van der Waals surface area contributed by atoms with E-state index >= 15 is 0 Å². The van der Waals surface area contributed by atoms with E-state index in [-0.39, 0.29) is 17.2 Å². The molecule has 1 fully saturated rings. The average molecular weight is 439 g/mol. The molecule has 0 saturated carbocycles. The summed E-state index contributed by atoms with van der Waals surface area (Å²) in [7, 11) is 1.64. The first-order chi connectivity index (χ1) is 15.0. The Morgan fingerprint density at radius 3 is 2.52 bits per heavy atom. The van der Waals surface area contributed by atoms with Crippen LogP contribution in [-0.4, -0.2) is 58.9 Å². The molecular formula is C22H22N4O4S. The van der Waals surface area contributed by atoms with Crippen LogP contribution in [0.15, 0.2) is 53.9 Å². The second kappa shape index (κ2) is 9.23. The maximum atomic E-state index is 12.8. The van der Waals surface area contributed by atoms with Crippen molar-refractivity contribution >= 4 is 22.9 Å². The van der Waals surface area contributed by atoms with E-state index in [0.29, 0.717) is 32.7 Å². The number of nitrogens with zero attached hydrogens (tertiary/aromatic N) is 4. The number of nitro benzene ring substituents is 1. The lowest BCUT2D eigenvalue weighted by molar-refractivity contribution is -0.385. The molecule has 9 heteroatoms. The number of methoxy groups -OCH3 is 1. The molecule has 0 atom stereocenters. The van der Waals surface area contributed by atoms with Gasteiger partial charge in [-0.3, -0.25) is 19.8 Å². The molecule has 1 amide bonds. The monoisotopic (exact) mass is 438 g/mol. The summed E-state index contributed by atoms with van der Waals surface area (Å²) in [6.45, 7) is 3.17. The fraction of sp³-hybridized carbons (Fsp3) is 0.273. The number of benzene rings is 2. The van der Waals surface area contributed by atoms with Crippen molar-refractivity contribution in [2.45, 2.75) is 6.54 Å². The Morgan fingerprint density at radius 1 is 1.13 bits per heavy atom. The molecule has 0 unspecified atom stereocenters. The first-order valence-electron chi connectivity index (χ1n) is 9.89. The van der Waals surface area contributed by atoms with E-state index < -0.39 is 4.92 Å². The first kappa shape index (κ1) is 21.0. The normalized spacial score (nSPS) is 14.4. The summed E-state index contributed by atoms with van der Waals surface area (Å²) in [4.78, 5) is 32.2. The summed E-state index contributed by atoms with van der Waals surface area (Å²) < 4.78 is 5.20. The molecule has 1 saturated heterocycles. The lowest BCUT2D eigenvalue weighted by Crippen LogP contribution is -2.48. The van der Waals surface area contributed by atoms with Crippen LogP contribution in [-0.2, 0) is 6.54 Å². The van der Waals surface area contributed by atoms with Crippen molar-refractivity contribution < 1.29 is 14.5 Å². The highest BCUT2D eigenvalue weighted by molar-refractivity contribution is 7.09. The minimum atomic E-state index is -0.508. The molecule has 0 spiro atoms. The summed E-state index contributed by atoms with van der Waals surface area (Å²) >= 11 is 1.62. The van der Waals surface area contributed by atoms with Crippen LogP contribution in [0.1, 0.15) is 15.4 Å². The minimum absolute atomic E-state index is 0.144. The molecule has 1 aliphatic heterocycles. The number of piperazine rings is 1. The highest BCUT2D eigenvalue weighted by Gasteiger charge is 2.27. The predicted molar refractivity (Wildman–Crippen MR) is 118 cm³/mol. The Kier molecular flexibility index (Phi) is 6.24. The van der Waals surface area contributed by atoms with Gasteiger partial charge in [0, 0.05) is 43.2 Å². The van der Waals surface area contributed by atoms with Gasteiger partial charge in [-0.15, -0.1) is 11.3 Å². The first-order valence-corrected chi connectivity index (χ1v) is 10.8. The maximum absolute atomic E-state index is 12.8. The second-order valence-corrected chi connectivity index (χ2v) is 8.14. The summed E-state index contributed by atoms with van der Waals surface area (Å²) in [5, 5.41) is 14.3. The van der Waals surface area contributed by atoms with E-state index in [1.165, 1.54) is 12.1 Å². The fourth-order valence-corrected chi connectivity index (χ4v) is 4.41. The number of nitro groups is 1. The zero-order valence-electron chi connectivity index (χ0n) is 17.1. The van der Waals surface area contributed by atoms with Crippen LogP contribution in [0.3, 0.4) is 0 Å². The van der Waals surface area contributed by atoms with Gasteiger partial charge < -0.3 is 9.64 Å². The Bertz CT molecular complexity index is 1080. The van der Waals surface area contributed by atoms with Crippen molar-refractivity contribution in [2.24, 2.45) is 0 Å². The molecule has 4 rings (SSSR count). The number of ether oxygens (including phenoxy) is 1. The zero-order valence-corrected chi connectivity index (χ0v) is 17.9. The minimum Gasteiger partial charge on any atom is -0.497 e. The van der Waals surface area contributed by atoms with E-state index in [2.05, 4.69) is 4.90 Å². The van der Waals surface area contributed by atoms with Crippen LogP contribution in [0.2, 0.25) is 0 Å². The van der Waals surface area contributed by atoms with E-state index in [9.17, 15) is 14.9 Å². The number of carbonyl (C=O) groups excluding carboxylic acids is 1. The third-order valence-corrected chi connectivity index (χ3v) is 6.12. The molecule has 0 bridgehead atoms. The lowest BCUT2D eigenvalue weighted by atomic mass is 10.1. The Balaban J connectivity index is 1.35. The smallest absolute Gasteiger partial charge is 0.282 e. The van der Waals surface area contributed by atoms with Crippen molar-refractivity contribution in [3.63, 3.8) is 0 Å². The SMILES string of the molecule is COc1ccc(-c2csc(CN3CCN(C(=O)c4ccccc4[N+](=O)[O-])CC3)n2)cc1. The number of aromatic nitrogens is 1. The summed E-state index contributed by atoms with van der Waals surface area (Å²) in [6, 6.07) is 13.9. The lowest BCUT2D eigenvalue weighted by Gasteiger charge is -2.34. The van der Waals surface area contributed by atoms with Gasteiger partial charge in [0.25, 0.3) is 11.6 Å². The van der Waals surface area contributed by atoms with Gasteiger partial charge in [0.15, 0.2) is 0 Å². The van der Waals surface area contributed by atoms with Gasteiger partial charge >= 0.3 is 0 Å². The molecule has 2 heterocycles. The van der Waals surface area contributed by atoms with Gasteiger partial charge in [0.05, 0.1) is 24.3 Å². The molecule has 160 valence electrons. The standard InChI is InChI=1S/C22H22N4O4S/c1-30-17-8-6-16(7-9-17)19-15-31-21(23-19)14-24-10-12-25(13-11-24)22(27)18-4-2-3-5-20(18)26(28)29/h2-9,15H,10-14H2,1H3. The number of carbonyl (C=O) groups is 1. The number of hydrogen-bond acceptors (Lipinski definition) is 7. The van der Waals surface area contributed by atoms with Crippen molar-refractivity contribution in [1.82, 2.24) is 14.8 Å². The molecule has 0 radical (unpaired) electrons. The molecule has 31 heavy (non-hydrogen) atoms. The largest absolute Gasteiger partial charge is 0.497 e. The third-order valence-electron chi connectivity index (χ3n) is 5.29. The molecule has 3 aromatic rings. The van der Waals surface area contributed by atoms with Crippen LogP contribution in [0.4, 0.5) is 5.69 Å². The van der Waals surface area contributed by atoms with E-state index in [1.54, 1.807) is 35.5 Å². The quantitative estimate of drug-likeness (QED) is 0.431. The van der Waals surface area contributed by atoms with Gasteiger partial charge in [0.1, 0.15) is 16.3 Å². The molecule has 2 aromatic carbocycles. The Morgan fingerprint density at radius 2 is 1.84 bits per heavy atom. The average Bonchev–Trinajstić information content (AvgIpc) is 3.27. The second-order valence-electron chi connectivity index (χ2n) is 7.20. The molecule has 8 nitrogen and oxygen atoms in total. The topological polar surface area (TPSA) is 88.8 Å². The molecule has 1 aromatic heterocycles. The van der Waals surface area contributed by atoms with Crippen LogP contribution >= 0.6 is 11.3 Å². The number of para-hydroxylation sites is 1. The van der Waals surface area contributed by atoms with Crippen molar-refractivity contribution in [3.05, 3.63) is 74.6 Å². The number of rotatable bonds is 6. The summed E-state index contributed by atoms with van der Waals surface area (Å²) in [5.41, 5.74) is 1.98. The van der Waals surface area contributed by atoms with Crippen LogP contribution in [0, 0.1) is 10.1 Å². The highest BCUT2D eigenvalue weighted by Crippen LogP contribution is 2.25. The van der Waals surface area contributed by atoms with E-state index in [4.69, 9.17) is 9.72 Å². The highest BCUT2D eigenvalue weighted by atomic mass is 32.1. The summed E-state index contributed by atoms with van der Waals surface area (Å²) in [5.74, 6) is 0.524. The van der Waals surface area contributed by atoms with Crippen molar-refractivity contribution in [3.8, 4) is 17.0 Å². The van der Waals surface area contributed by atoms with Gasteiger partial charge in [-0.25, -0.2) is 4.98 Å². The van der Waals surface area contributed by atoms with Crippen LogP contribution in [0.25, 0.3) is 11.3 Å². The predicted octanol–water partition coefficient (Wildman–Crippen LogP) is 3.68. The molecule has 0 aliphatic carbocycles. The molecular weight excluding hydrogens is 416 g/mol. The Labute approximate surface area is 183 Å². The number of hydrogen-bond donors (Lipinski definition) is 0. The van der Waals surface area contributed by atoms with Gasteiger partial charge in [0.2, 0.25) is 0 Å². The van der Waals surface area contributed by atoms with Crippen LogP contribution < -0.4 is 4.74 Å². The number of thiazole rings is 1. The molecule has 0 N–H and O–H groups in total. The van der Waals surface area contributed by atoms with E-state index in [0.717, 1.165) is 22.0 Å². The zero-order chi connectivity index (χ0) is 21.8.